The molecule has 1 aromatic rings. The summed E-state index contributed by atoms with van der Waals surface area (Å²) in [5.74, 6) is 1.74. The lowest BCUT2D eigenvalue weighted by Crippen LogP contribution is -2.26. The summed E-state index contributed by atoms with van der Waals surface area (Å²) in [5, 5.41) is 8.18. The van der Waals surface area contributed by atoms with Gasteiger partial charge in [-0.1, -0.05) is 20.8 Å². The lowest BCUT2D eigenvalue weighted by Gasteiger charge is -2.21. The van der Waals surface area contributed by atoms with E-state index in [-0.39, 0.29) is 17.8 Å². The molecule has 2 atom stereocenters. The highest BCUT2D eigenvalue weighted by atomic mass is 35.5. The molecule has 2 aliphatic heterocycles. The van der Waals surface area contributed by atoms with Gasteiger partial charge in [0.15, 0.2) is 0 Å². The Bertz CT molecular complexity index is 451. The SMILES string of the molecule is Cl.Cn1cc(CN2C[C@H]3CNC[C@H]3C2)c(C(C)(C)C)n1. The molecule has 5 heteroatoms. The normalized spacial score (nSPS) is 26.6. The van der Waals surface area contributed by atoms with Crippen LogP contribution in [0.15, 0.2) is 6.20 Å². The van der Waals surface area contributed by atoms with E-state index in [1.54, 1.807) is 0 Å². The molecule has 1 N–H and O–H groups in total. The van der Waals surface area contributed by atoms with Gasteiger partial charge in [0.25, 0.3) is 0 Å². The van der Waals surface area contributed by atoms with E-state index in [1.807, 2.05) is 11.7 Å². The Morgan fingerprint density at radius 3 is 2.40 bits per heavy atom. The molecule has 0 saturated carbocycles. The zero-order valence-corrected chi connectivity index (χ0v) is 13.8. The molecular weight excluding hydrogens is 272 g/mol. The van der Waals surface area contributed by atoms with Gasteiger partial charge in [-0.25, -0.2) is 0 Å². The molecule has 0 spiro atoms. The Kier molecular flexibility index (Phi) is 4.47. The van der Waals surface area contributed by atoms with Gasteiger partial charge >= 0.3 is 0 Å². The number of halogens is 1. The molecule has 0 aromatic carbocycles. The summed E-state index contributed by atoms with van der Waals surface area (Å²) in [6, 6.07) is 0. The van der Waals surface area contributed by atoms with Crippen molar-refractivity contribution in [2.24, 2.45) is 18.9 Å². The Balaban J connectivity index is 0.00000147. The zero-order chi connectivity index (χ0) is 13.6. The first-order valence-corrected chi connectivity index (χ1v) is 7.39. The first-order valence-electron chi connectivity index (χ1n) is 7.39. The van der Waals surface area contributed by atoms with Crippen LogP contribution in [-0.4, -0.2) is 40.9 Å². The summed E-state index contributed by atoms with van der Waals surface area (Å²) in [5.41, 5.74) is 2.79. The molecular formula is C15H27ClN4. The third-order valence-electron chi connectivity index (χ3n) is 4.47. The summed E-state index contributed by atoms with van der Waals surface area (Å²) in [7, 11) is 2.03. The average molecular weight is 299 g/mol. The van der Waals surface area contributed by atoms with Crippen LogP contribution in [-0.2, 0) is 19.0 Å². The van der Waals surface area contributed by atoms with Crippen LogP contribution in [0.2, 0.25) is 0 Å². The van der Waals surface area contributed by atoms with Crippen molar-refractivity contribution in [3.8, 4) is 0 Å². The van der Waals surface area contributed by atoms with E-state index < -0.39 is 0 Å². The standard InChI is InChI=1S/C15H26N4.ClH/c1-15(2,3)14-13(7-18(4)17-14)10-19-8-11-5-16-6-12(11)9-19;/h7,11-12,16H,5-6,8-10H2,1-4H3;1H/t11-,12+;. The van der Waals surface area contributed by atoms with Gasteiger partial charge in [-0.3, -0.25) is 9.58 Å². The Labute approximate surface area is 128 Å². The van der Waals surface area contributed by atoms with Gasteiger partial charge in [-0.2, -0.15) is 5.10 Å². The summed E-state index contributed by atoms with van der Waals surface area (Å²) >= 11 is 0. The van der Waals surface area contributed by atoms with Crippen molar-refractivity contribution in [2.75, 3.05) is 26.2 Å². The minimum Gasteiger partial charge on any atom is -0.316 e. The van der Waals surface area contributed by atoms with Crippen molar-refractivity contribution >= 4 is 12.4 Å². The average Bonchev–Trinajstić information content (AvgIpc) is 2.91. The fourth-order valence-electron chi connectivity index (χ4n) is 3.61. The molecule has 2 saturated heterocycles. The maximum Gasteiger partial charge on any atom is 0.0722 e. The number of rotatable bonds is 2. The summed E-state index contributed by atoms with van der Waals surface area (Å²) in [6.45, 7) is 12.7. The molecule has 0 bridgehead atoms. The first kappa shape index (κ1) is 15.8. The second-order valence-electron chi connectivity index (χ2n) is 7.30. The van der Waals surface area contributed by atoms with Gasteiger partial charge in [0.1, 0.15) is 0 Å². The molecule has 0 amide bonds. The minimum atomic E-state index is 0. The molecule has 20 heavy (non-hydrogen) atoms. The topological polar surface area (TPSA) is 33.1 Å². The number of aromatic nitrogens is 2. The largest absolute Gasteiger partial charge is 0.316 e. The van der Waals surface area contributed by atoms with Crippen LogP contribution in [0.25, 0.3) is 0 Å². The predicted octanol–water partition coefficient (Wildman–Crippen LogP) is 1.79. The molecule has 4 nitrogen and oxygen atoms in total. The van der Waals surface area contributed by atoms with Gasteiger partial charge in [-0.15, -0.1) is 12.4 Å². The lowest BCUT2D eigenvalue weighted by molar-refractivity contribution is 0.303. The molecule has 1 aromatic heterocycles. The van der Waals surface area contributed by atoms with E-state index in [1.165, 1.54) is 37.4 Å². The number of fused-ring (bicyclic) bond motifs is 1. The van der Waals surface area contributed by atoms with Crippen molar-refractivity contribution in [1.82, 2.24) is 20.0 Å². The second-order valence-corrected chi connectivity index (χ2v) is 7.30. The Morgan fingerprint density at radius 1 is 1.25 bits per heavy atom. The number of nitrogens with one attached hydrogen (secondary N) is 1. The number of hydrogen-bond donors (Lipinski definition) is 1. The van der Waals surface area contributed by atoms with Gasteiger partial charge in [0.05, 0.1) is 5.69 Å². The van der Waals surface area contributed by atoms with E-state index in [0.717, 1.165) is 18.4 Å². The smallest absolute Gasteiger partial charge is 0.0722 e. The van der Waals surface area contributed by atoms with Crippen LogP contribution >= 0.6 is 12.4 Å². The van der Waals surface area contributed by atoms with Crippen LogP contribution in [0.5, 0.6) is 0 Å². The van der Waals surface area contributed by atoms with Crippen molar-refractivity contribution in [3.05, 3.63) is 17.5 Å². The molecule has 0 unspecified atom stereocenters. The zero-order valence-electron chi connectivity index (χ0n) is 13.0. The van der Waals surface area contributed by atoms with Crippen LogP contribution < -0.4 is 5.32 Å². The number of nitrogens with zero attached hydrogens (tertiary/aromatic N) is 3. The second kappa shape index (κ2) is 5.66. The number of aryl methyl sites for hydroxylation is 1. The molecule has 2 fully saturated rings. The monoisotopic (exact) mass is 298 g/mol. The quantitative estimate of drug-likeness (QED) is 0.904. The van der Waals surface area contributed by atoms with Crippen molar-refractivity contribution in [3.63, 3.8) is 0 Å². The predicted molar refractivity (Wildman–Crippen MR) is 84.3 cm³/mol. The van der Waals surface area contributed by atoms with Gasteiger partial charge < -0.3 is 5.32 Å². The highest BCUT2D eigenvalue weighted by molar-refractivity contribution is 5.85. The fraction of sp³-hybridized carbons (Fsp3) is 0.800. The van der Waals surface area contributed by atoms with Crippen molar-refractivity contribution < 1.29 is 0 Å². The fourth-order valence-corrected chi connectivity index (χ4v) is 3.61. The van der Waals surface area contributed by atoms with Gasteiger partial charge in [-0.05, 0) is 24.9 Å². The summed E-state index contributed by atoms with van der Waals surface area (Å²) in [6.07, 6.45) is 2.20. The molecule has 3 rings (SSSR count). The lowest BCUT2D eigenvalue weighted by atomic mass is 9.89. The van der Waals surface area contributed by atoms with Gasteiger partial charge in [0, 0.05) is 43.9 Å². The maximum atomic E-state index is 4.67. The van der Waals surface area contributed by atoms with Crippen LogP contribution in [0.1, 0.15) is 32.0 Å². The van der Waals surface area contributed by atoms with Crippen LogP contribution in [0.4, 0.5) is 0 Å². The van der Waals surface area contributed by atoms with Crippen LogP contribution in [0.3, 0.4) is 0 Å². The van der Waals surface area contributed by atoms with Gasteiger partial charge in [0.2, 0.25) is 0 Å². The molecule has 0 aliphatic carbocycles. The minimum absolute atomic E-state index is 0. The molecule has 0 radical (unpaired) electrons. The summed E-state index contributed by atoms with van der Waals surface area (Å²) in [4.78, 5) is 2.61. The molecule has 2 aliphatic rings. The number of hydrogen-bond acceptors (Lipinski definition) is 3. The highest BCUT2D eigenvalue weighted by Crippen LogP contribution is 2.30. The Morgan fingerprint density at radius 2 is 1.85 bits per heavy atom. The maximum absolute atomic E-state index is 4.67. The molecule has 114 valence electrons. The van der Waals surface area contributed by atoms with E-state index >= 15 is 0 Å². The van der Waals surface area contributed by atoms with E-state index in [0.29, 0.717) is 0 Å². The number of likely N-dealkylation sites (tertiary alicyclic amines) is 1. The van der Waals surface area contributed by atoms with E-state index in [4.69, 9.17) is 0 Å². The third kappa shape index (κ3) is 3.02. The van der Waals surface area contributed by atoms with E-state index in [2.05, 4.69) is 42.3 Å². The Hall–Kier alpha value is -0.580. The first-order chi connectivity index (χ1) is 8.93. The van der Waals surface area contributed by atoms with E-state index in [9.17, 15) is 0 Å². The highest BCUT2D eigenvalue weighted by Gasteiger charge is 2.36. The van der Waals surface area contributed by atoms with Crippen molar-refractivity contribution in [2.45, 2.75) is 32.7 Å². The van der Waals surface area contributed by atoms with Crippen molar-refractivity contribution in [1.29, 1.82) is 0 Å². The van der Waals surface area contributed by atoms with Crippen LogP contribution in [0, 0.1) is 11.8 Å². The third-order valence-corrected chi connectivity index (χ3v) is 4.47. The molecule has 3 heterocycles. The summed E-state index contributed by atoms with van der Waals surface area (Å²) < 4.78 is 1.97.